The molecule has 5 aromatic carbocycles. The predicted octanol–water partition coefficient (Wildman–Crippen LogP) is 13.4. The van der Waals surface area contributed by atoms with Crippen LogP contribution in [0.1, 0.15) is 44.1 Å². The highest BCUT2D eigenvalue weighted by Gasteiger charge is 2.37. The van der Waals surface area contributed by atoms with Crippen molar-refractivity contribution in [1.29, 1.82) is 0 Å². The minimum absolute atomic E-state index is 0.0171. The molecule has 0 saturated carbocycles. The van der Waals surface area contributed by atoms with Gasteiger partial charge < -0.3 is 9.64 Å². The molecule has 0 fully saturated rings. The molecule has 4 heterocycles. The molecule has 2 aromatic heterocycles. The Bertz CT molecular complexity index is 3000. The number of aromatic nitrogens is 4. The summed E-state index contributed by atoms with van der Waals surface area (Å²) in [5.74, 6) is 4.53. The summed E-state index contributed by atoms with van der Waals surface area (Å²) < 4.78 is 8.68. The molecule has 296 valence electrons. The number of nitrogens with zero attached hydrogens (tertiary/aromatic N) is 5. The highest BCUT2D eigenvalue weighted by Crippen LogP contribution is 2.49. The van der Waals surface area contributed by atoms with Gasteiger partial charge in [0.25, 0.3) is 0 Å². The molecule has 0 bridgehead atoms. The molecule has 2 aliphatic heterocycles. The van der Waals surface area contributed by atoms with Crippen LogP contribution in [0.5, 0.6) is 0 Å². The number of benzene rings is 5. The molecule has 0 N–H and O–H groups in total. The van der Waals surface area contributed by atoms with Gasteiger partial charge in [-0.2, -0.15) is 9.97 Å². The van der Waals surface area contributed by atoms with E-state index in [4.69, 9.17) is 19.7 Å². The molecule has 11 rings (SSSR count). The van der Waals surface area contributed by atoms with Gasteiger partial charge in [-0.1, -0.05) is 134 Å². The first kappa shape index (κ1) is 36.7. The van der Waals surface area contributed by atoms with E-state index in [0.717, 1.165) is 69.4 Å². The zero-order chi connectivity index (χ0) is 40.9. The lowest BCUT2D eigenvalue weighted by Gasteiger charge is -2.35. The van der Waals surface area contributed by atoms with Gasteiger partial charge in [0.2, 0.25) is 5.95 Å². The Kier molecular flexibility index (Phi) is 9.26. The van der Waals surface area contributed by atoms with Crippen LogP contribution in [-0.4, -0.2) is 25.6 Å². The minimum Gasteiger partial charge on any atom is -0.457 e. The topological polar surface area (TPSA) is 56.1 Å². The summed E-state index contributed by atoms with van der Waals surface area (Å²) in [6.45, 7) is 6.48. The fourth-order valence-electron chi connectivity index (χ4n) is 9.87. The molecule has 6 heteroatoms. The summed E-state index contributed by atoms with van der Waals surface area (Å²) in [7, 11) is 0. The van der Waals surface area contributed by atoms with Gasteiger partial charge >= 0.3 is 0 Å². The first-order valence-electron chi connectivity index (χ1n) is 21.4. The van der Waals surface area contributed by atoms with Crippen LogP contribution >= 0.6 is 0 Å². The van der Waals surface area contributed by atoms with Crippen molar-refractivity contribution >= 4 is 33.2 Å². The van der Waals surface area contributed by atoms with E-state index in [0.29, 0.717) is 23.5 Å². The molecule has 4 aliphatic rings. The molecule has 6 nitrogen and oxygen atoms in total. The van der Waals surface area contributed by atoms with Gasteiger partial charge in [0.15, 0.2) is 11.6 Å². The van der Waals surface area contributed by atoms with Crippen molar-refractivity contribution in [3.05, 3.63) is 216 Å². The second-order valence-corrected chi connectivity index (χ2v) is 16.1. The Balaban J connectivity index is 0.971. The number of allylic oxidation sites excluding steroid dienone is 8. The Morgan fingerprint density at radius 3 is 2.28 bits per heavy atom. The molecule has 0 radical (unpaired) electrons. The van der Waals surface area contributed by atoms with Gasteiger partial charge in [-0.25, -0.2) is 4.98 Å². The summed E-state index contributed by atoms with van der Waals surface area (Å²) >= 11 is 0. The van der Waals surface area contributed by atoms with Gasteiger partial charge in [-0.05, 0) is 92.1 Å². The van der Waals surface area contributed by atoms with Crippen molar-refractivity contribution in [3.63, 3.8) is 0 Å². The lowest BCUT2D eigenvalue weighted by Crippen LogP contribution is -2.27. The number of hydrogen-bond acceptors (Lipinski definition) is 5. The summed E-state index contributed by atoms with van der Waals surface area (Å²) in [6, 6.07) is 44.4. The van der Waals surface area contributed by atoms with Gasteiger partial charge in [0, 0.05) is 50.3 Å². The maximum absolute atomic E-state index is 6.50. The van der Waals surface area contributed by atoms with E-state index in [1.54, 1.807) is 0 Å². The predicted molar refractivity (Wildman–Crippen MR) is 249 cm³/mol. The fraction of sp³-hybridized carbons (Fsp3) is 0.145. The summed E-state index contributed by atoms with van der Waals surface area (Å²) in [4.78, 5) is 17.7. The van der Waals surface area contributed by atoms with Gasteiger partial charge in [0.05, 0.1) is 17.1 Å². The molecule has 3 unspecified atom stereocenters. The van der Waals surface area contributed by atoms with E-state index in [1.165, 1.54) is 34.4 Å². The number of fused-ring (bicyclic) bond motifs is 4. The van der Waals surface area contributed by atoms with Gasteiger partial charge in [-0.15, -0.1) is 6.58 Å². The fourth-order valence-corrected chi connectivity index (χ4v) is 9.87. The number of para-hydroxylation sites is 2. The second-order valence-electron chi connectivity index (χ2n) is 16.1. The maximum Gasteiger partial charge on any atom is 0.238 e. The van der Waals surface area contributed by atoms with Crippen LogP contribution in [0.3, 0.4) is 0 Å². The molecule has 61 heavy (non-hydrogen) atoms. The van der Waals surface area contributed by atoms with E-state index in [9.17, 15) is 0 Å². The third kappa shape index (κ3) is 6.29. The lowest BCUT2D eigenvalue weighted by molar-refractivity contribution is 0.290. The third-order valence-electron chi connectivity index (χ3n) is 12.6. The van der Waals surface area contributed by atoms with E-state index in [-0.39, 0.29) is 12.0 Å². The van der Waals surface area contributed by atoms with Crippen LogP contribution in [-0.2, 0) is 4.74 Å². The highest BCUT2D eigenvalue weighted by molar-refractivity contribution is 6.10. The van der Waals surface area contributed by atoms with Gasteiger partial charge in [-0.3, -0.25) is 4.57 Å². The average Bonchev–Trinajstić information content (AvgIpc) is 3.83. The summed E-state index contributed by atoms with van der Waals surface area (Å²) in [5, 5.41) is 2.26. The Hall–Kier alpha value is -7.31. The first-order valence-corrected chi connectivity index (χ1v) is 21.4. The quantitative estimate of drug-likeness (QED) is 0.144. The smallest absolute Gasteiger partial charge is 0.238 e. The largest absolute Gasteiger partial charge is 0.457 e. The van der Waals surface area contributed by atoms with Crippen LogP contribution in [0.4, 0.5) is 11.4 Å². The average molecular weight is 792 g/mol. The van der Waals surface area contributed by atoms with Crippen LogP contribution < -0.4 is 4.90 Å². The molecule has 0 spiro atoms. The molecular weight excluding hydrogens is 747 g/mol. The van der Waals surface area contributed by atoms with E-state index < -0.39 is 0 Å². The number of anilines is 2. The van der Waals surface area contributed by atoms with Crippen molar-refractivity contribution in [1.82, 2.24) is 19.5 Å². The normalized spacial score (nSPS) is 20.7. The molecule has 2 aliphatic carbocycles. The highest BCUT2D eigenvalue weighted by atomic mass is 16.5. The Labute approximate surface area is 356 Å². The Morgan fingerprint density at radius 1 is 0.787 bits per heavy atom. The summed E-state index contributed by atoms with van der Waals surface area (Å²) in [6.07, 6.45) is 22.3. The summed E-state index contributed by atoms with van der Waals surface area (Å²) in [5.41, 5.74) is 11.5. The molecule has 0 amide bonds. The first-order chi connectivity index (χ1) is 30.2. The van der Waals surface area contributed by atoms with E-state index >= 15 is 0 Å². The zero-order valence-electron chi connectivity index (χ0n) is 34.2. The minimum atomic E-state index is 0.0171. The van der Waals surface area contributed by atoms with Crippen molar-refractivity contribution in [2.24, 2.45) is 5.92 Å². The standard InChI is InChI=1S/C55H45N5O/c1-3-46-40(25-11-12-28-43-44-29-17-23-36-24-18-32-51(52(36)44)61-50(43)4-2)41-26-13-15-30-47(41)59(46)39-33-34-49-45(35-39)42-27-14-16-31-48(42)60(49)55-57-53(37-19-7-5-8-20-37)56-54(58-55)38-21-9-6-10-22-38/h3-11,13-17,19-22,25-36,40,46H,1,12,18,23-24H2,2H3/b25-11+,43-28-,50-4+. The second kappa shape index (κ2) is 15.4. The van der Waals surface area contributed by atoms with Crippen LogP contribution in [0.2, 0.25) is 0 Å². The molecule has 0 saturated heterocycles. The number of ether oxygens (including phenoxy) is 1. The maximum atomic E-state index is 6.50. The van der Waals surface area contributed by atoms with E-state index in [2.05, 4.69) is 138 Å². The van der Waals surface area contributed by atoms with Crippen molar-refractivity contribution in [2.75, 3.05) is 4.90 Å². The molecular formula is C55H45N5O. The van der Waals surface area contributed by atoms with Crippen LogP contribution in [0.25, 0.3) is 50.5 Å². The van der Waals surface area contributed by atoms with Crippen LogP contribution in [0, 0.1) is 5.92 Å². The van der Waals surface area contributed by atoms with Gasteiger partial charge in [0.1, 0.15) is 11.5 Å². The van der Waals surface area contributed by atoms with Crippen molar-refractivity contribution in [3.8, 4) is 28.7 Å². The molecule has 7 aromatic rings. The van der Waals surface area contributed by atoms with Crippen LogP contribution in [0.15, 0.2) is 211 Å². The SMILES string of the molecule is C=CC1C(/C=C/C/C=C2/C3=C4C(=CCCC4CC=C3)O/C2=C/C)c2ccccc2N1c1ccc2c(c1)c1ccccc1n2-c1nc(-c2ccccc2)nc(-c2ccccc2)n1. The Morgan fingerprint density at radius 2 is 1.51 bits per heavy atom. The number of rotatable bonds is 8. The van der Waals surface area contributed by atoms with Crippen molar-refractivity contribution < 1.29 is 4.74 Å². The monoisotopic (exact) mass is 791 g/mol. The number of hydrogen-bond donors (Lipinski definition) is 0. The molecule has 3 atom stereocenters. The van der Waals surface area contributed by atoms with Crippen molar-refractivity contribution in [2.45, 2.75) is 44.6 Å². The zero-order valence-corrected chi connectivity index (χ0v) is 34.2. The third-order valence-corrected chi connectivity index (χ3v) is 12.6. The lowest BCUT2D eigenvalue weighted by atomic mass is 9.76. The van der Waals surface area contributed by atoms with E-state index in [1.807, 2.05) is 60.7 Å².